The number of hydrogen-bond donors (Lipinski definition) is 1. The van der Waals surface area contributed by atoms with Crippen LogP contribution in [-0.4, -0.2) is 9.97 Å². The van der Waals surface area contributed by atoms with E-state index in [4.69, 9.17) is 5.73 Å². The standard InChI is InChI=1S/C12H13N3/c1-9(13)10-3-2-4-11(7-10)12-8-14-5-6-15-12/h2-9H,13H2,1H3/t9-/m0/s1. The van der Waals surface area contributed by atoms with Crippen molar-refractivity contribution in [1.29, 1.82) is 0 Å². The van der Waals surface area contributed by atoms with Crippen LogP contribution in [0.3, 0.4) is 0 Å². The predicted molar refractivity (Wildman–Crippen MR) is 60.1 cm³/mol. The smallest absolute Gasteiger partial charge is 0.0885 e. The Labute approximate surface area is 89.0 Å². The molecule has 0 amide bonds. The van der Waals surface area contributed by atoms with Crippen molar-refractivity contribution < 1.29 is 0 Å². The first-order chi connectivity index (χ1) is 7.27. The molecule has 0 aliphatic heterocycles. The fraction of sp³-hybridized carbons (Fsp3) is 0.167. The fourth-order valence-electron chi connectivity index (χ4n) is 1.43. The summed E-state index contributed by atoms with van der Waals surface area (Å²) in [4.78, 5) is 8.29. The zero-order chi connectivity index (χ0) is 10.7. The van der Waals surface area contributed by atoms with E-state index in [0.29, 0.717) is 0 Å². The van der Waals surface area contributed by atoms with Crippen LogP contribution in [0.4, 0.5) is 0 Å². The first kappa shape index (κ1) is 9.80. The fourth-order valence-corrected chi connectivity index (χ4v) is 1.43. The summed E-state index contributed by atoms with van der Waals surface area (Å²) >= 11 is 0. The minimum absolute atomic E-state index is 0.0432. The monoisotopic (exact) mass is 199 g/mol. The van der Waals surface area contributed by atoms with Crippen molar-refractivity contribution in [3.05, 3.63) is 48.4 Å². The summed E-state index contributed by atoms with van der Waals surface area (Å²) in [5.41, 5.74) is 8.86. The first-order valence-corrected chi connectivity index (χ1v) is 4.89. The molecule has 3 nitrogen and oxygen atoms in total. The van der Waals surface area contributed by atoms with Gasteiger partial charge in [-0.2, -0.15) is 0 Å². The average Bonchev–Trinajstić information content (AvgIpc) is 2.30. The lowest BCUT2D eigenvalue weighted by Gasteiger charge is -2.07. The van der Waals surface area contributed by atoms with Gasteiger partial charge in [0.1, 0.15) is 0 Å². The van der Waals surface area contributed by atoms with Crippen molar-refractivity contribution in [3.63, 3.8) is 0 Å². The molecule has 0 spiro atoms. The zero-order valence-corrected chi connectivity index (χ0v) is 8.59. The summed E-state index contributed by atoms with van der Waals surface area (Å²) in [6.45, 7) is 1.97. The molecule has 0 saturated heterocycles. The highest BCUT2D eigenvalue weighted by Gasteiger charge is 2.02. The molecule has 0 bridgehead atoms. The van der Waals surface area contributed by atoms with Crippen LogP contribution in [0.15, 0.2) is 42.9 Å². The zero-order valence-electron chi connectivity index (χ0n) is 8.59. The molecular formula is C12H13N3. The van der Waals surface area contributed by atoms with Crippen LogP contribution in [0, 0.1) is 0 Å². The molecule has 2 aromatic rings. The van der Waals surface area contributed by atoms with Gasteiger partial charge in [0.25, 0.3) is 0 Å². The van der Waals surface area contributed by atoms with Gasteiger partial charge in [-0.15, -0.1) is 0 Å². The normalized spacial score (nSPS) is 12.4. The van der Waals surface area contributed by atoms with E-state index in [-0.39, 0.29) is 6.04 Å². The summed E-state index contributed by atoms with van der Waals surface area (Å²) in [5, 5.41) is 0. The molecule has 0 fully saturated rings. The summed E-state index contributed by atoms with van der Waals surface area (Å²) in [6, 6.07) is 8.11. The average molecular weight is 199 g/mol. The minimum Gasteiger partial charge on any atom is -0.324 e. The lowest BCUT2D eigenvalue weighted by Crippen LogP contribution is -2.04. The third kappa shape index (κ3) is 2.19. The van der Waals surface area contributed by atoms with E-state index in [0.717, 1.165) is 16.8 Å². The Morgan fingerprint density at radius 3 is 2.80 bits per heavy atom. The molecule has 76 valence electrons. The van der Waals surface area contributed by atoms with E-state index in [2.05, 4.69) is 16.0 Å². The van der Waals surface area contributed by atoms with Gasteiger partial charge < -0.3 is 5.73 Å². The van der Waals surface area contributed by atoms with Crippen LogP contribution >= 0.6 is 0 Å². The summed E-state index contributed by atoms with van der Waals surface area (Å²) < 4.78 is 0. The van der Waals surface area contributed by atoms with E-state index >= 15 is 0 Å². The maximum atomic E-state index is 5.82. The molecule has 0 unspecified atom stereocenters. The second-order valence-electron chi connectivity index (χ2n) is 3.50. The third-order valence-electron chi connectivity index (χ3n) is 2.27. The largest absolute Gasteiger partial charge is 0.324 e. The highest BCUT2D eigenvalue weighted by molar-refractivity contribution is 5.58. The number of aromatic nitrogens is 2. The Kier molecular flexibility index (Phi) is 2.74. The molecule has 0 saturated carbocycles. The maximum absolute atomic E-state index is 5.82. The molecular weight excluding hydrogens is 186 g/mol. The maximum Gasteiger partial charge on any atom is 0.0885 e. The Morgan fingerprint density at radius 1 is 1.27 bits per heavy atom. The molecule has 1 atom stereocenters. The summed E-state index contributed by atoms with van der Waals surface area (Å²) in [7, 11) is 0. The SMILES string of the molecule is C[C@H](N)c1cccc(-c2cnccn2)c1. The highest BCUT2D eigenvalue weighted by atomic mass is 14.8. The van der Waals surface area contributed by atoms with Gasteiger partial charge in [-0.05, 0) is 18.6 Å². The van der Waals surface area contributed by atoms with Gasteiger partial charge in [0.05, 0.1) is 11.9 Å². The van der Waals surface area contributed by atoms with E-state index in [1.807, 2.05) is 25.1 Å². The van der Waals surface area contributed by atoms with E-state index in [1.165, 1.54) is 0 Å². The minimum atomic E-state index is 0.0432. The summed E-state index contributed by atoms with van der Waals surface area (Å²) in [5.74, 6) is 0. The Balaban J connectivity index is 2.42. The Morgan fingerprint density at radius 2 is 2.13 bits per heavy atom. The van der Waals surface area contributed by atoms with Crippen molar-refractivity contribution in [1.82, 2.24) is 9.97 Å². The van der Waals surface area contributed by atoms with Crippen molar-refractivity contribution in [3.8, 4) is 11.3 Å². The van der Waals surface area contributed by atoms with Crippen molar-refractivity contribution in [2.45, 2.75) is 13.0 Å². The van der Waals surface area contributed by atoms with Crippen LogP contribution in [0.5, 0.6) is 0 Å². The van der Waals surface area contributed by atoms with Gasteiger partial charge in [0.15, 0.2) is 0 Å². The topological polar surface area (TPSA) is 51.8 Å². The van der Waals surface area contributed by atoms with Crippen LogP contribution in [0.1, 0.15) is 18.5 Å². The van der Waals surface area contributed by atoms with Crippen molar-refractivity contribution >= 4 is 0 Å². The highest BCUT2D eigenvalue weighted by Crippen LogP contribution is 2.19. The molecule has 0 aliphatic carbocycles. The van der Waals surface area contributed by atoms with Gasteiger partial charge in [-0.3, -0.25) is 9.97 Å². The van der Waals surface area contributed by atoms with Crippen LogP contribution in [0.2, 0.25) is 0 Å². The first-order valence-electron chi connectivity index (χ1n) is 4.89. The molecule has 2 N–H and O–H groups in total. The quantitative estimate of drug-likeness (QED) is 0.806. The van der Waals surface area contributed by atoms with Gasteiger partial charge in [-0.25, -0.2) is 0 Å². The van der Waals surface area contributed by atoms with Crippen LogP contribution in [0.25, 0.3) is 11.3 Å². The Hall–Kier alpha value is -1.74. The summed E-state index contributed by atoms with van der Waals surface area (Å²) in [6.07, 6.45) is 5.10. The molecule has 2 rings (SSSR count). The van der Waals surface area contributed by atoms with Gasteiger partial charge in [-0.1, -0.05) is 18.2 Å². The molecule has 1 aromatic heterocycles. The molecule has 1 heterocycles. The van der Waals surface area contributed by atoms with Gasteiger partial charge in [0.2, 0.25) is 0 Å². The van der Waals surface area contributed by atoms with Crippen molar-refractivity contribution in [2.75, 3.05) is 0 Å². The van der Waals surface area contributed by atoms with Crippen LogP contribution in [-0.2, 0) is 0 Å². The third-order valence-corrected chi connectivity index (χ3v) is 2.27. The molecule has 1 aromatic carbocycles. The number of benzene rings is 1. The lowest BCUT2D eigenvalue weighted by atomic mass is 10.0. The molecule has 0 aliphatic rings. The van der Waals surface area contributed by atoms with Gasteiger partial charge in [0, 0.05) is 24.0 Å². The van der Waals surface area contributed by atoms with E-state index < -0.39 is 0 Å². The number of hydrogen-bond acceptors (Lipinski definition) is 3. The van der Waals surface area contributed by atoms with E-state index in [1.54, 1.807) is 18.6 Å². The lowest BCUT2D eigenvalue weighted by molar-refractivity contribution is 0.818. The van der Waals surface area contributed by atoms with Crippen LogP contribution < -0.4 is 5.73 Å². The second kappa shape index (κ2) is 4.19. The van der Waals surface area contributed by atoms with Crippen molar-refractivity contribution in [2.24, 2.45) is 5.73 Å². The number of rotatable bonds is 2. The number of nitrogens with two attached hydrogens (primary N) is 1. The second-order valence-corrected chi connectivity index (χ2v) is 3.50. The molecule has 3 heteroatoms. The molecule has 15 heavy (non-hydrogen) atoms. The molecule has 0 radical (unpaired) electrons. The predicted octanol–water partition coefficient (Wildman–Crippen LogP) is 2.16. The van der Waals surface area contributed by atoms with Gasteiger partial charge >= 0.3 is 0 Å². The van der Waals surface area contributed by atoms with E-state index in [9.17, 15) is 0 Å². The Bertz CT molecular complexity index is 438. The number of nitrogens with zero attached hydrogens (tertiary/aromatic N) is 2.